The molecule has 0 aliphatic heterocycles. The molecule has 0 N–H and O–H groups in total. The predicted octanol–water partition coefficient (Wildman–Crippen LogP) is 2.24. The van der Waals surface area contributed by atoms with Gasteiger partial charge in [-0.3, -0.25) is 0 Å². The number of rotatable bonds is 1. The summed E-state index contributed by atoms with van der Waals surface area (Å²) in [5, 5.41) is 6.78. The molecule has 2 rings (SSSR count). The molecule has 0 saturated carbocycles. The Labute approximate surface area is 106 Å². The number of halogens is 3. The Morgan fingerprint density at radius 3 is 2.47 bits per heavy atom. The van der Waals surface area contributed by atoms with Crippen molar-refractivity contribution in [2.24, 2.45) is 0 Å². The quantitative estimate of drug-likeness (QED) is 0.800. The average Bonchev–Trinajstić information content (AvgIpc) is 2.58. The van der Waals surface area contributed by atoms with E-state index in [1.165, 1.54) is 6.07 Å². The summed E-state index contributed by atoms with van der Waals surface area (Å²) in [5.74, 6) is 0.288. The topological polar surface area (TPSA) is 60.9 Å². The fourth-order valence-corrected chi connectivity index (χ4v) is 1.57. The van der Waals surface area contributed by atoms with Gasteiger partial charge in [0.25, 0.3) is 0 Å². The van der Waals surface area contributed by atoms with Crippen LogP contribution < -0.4 is 5.63 Å². The van der Waals surface area contributed by atoms with Gasteiger partial charge in [-0.25, -0.2) is 9.48 Å². The molecule has 8 heteroatoms. The molecule has 0 atom stereocenters. The van der Waals surface area contributed by atoms with Gasteiger partial charge in [0.15, 0.2) is 5.52 Å². The molecular formula is C11H12F3N3O2. The summed E-state index contributed by atoms with van der Waals surface area (Å²) >= 11 is 0. The van der Waals surface area contributed by atoms with Gasteiger partial charge in [0.1, 0.15) is 17.8 Å². The number of hydrogen-bond acceptors (Lipinski definition) is 4. The lowest BCUT2D eigenvalue weighted by Crippen LogP contribution is -2.19. The van der Waals surface area contributed by atoms with Gasteiger partial charge in [0.05, 0.1) is 0 Å². The smallest absolute Gasteiger partial charge is 0.408 e. The summed E-state index contributed by atoms with van der Waals surface area (Å²) in [6.07, 6.45) is -4.43. The molecule has 104 valence electrons. The maximum absolute atomic E-state index is 12.4. The first-order valence-electron chi connectivity index (χ1n) is 5.52. The van der Waals surface area contributed by atoms with Crippen LogP contribution >= 0.6 is 0 Å². The Hall–Kier alpha value is -1.86. The highest BCUT2D eigenvalue weighted by Crippen LogP contribution is 2.24. The molecule has 0 aromatic carbocycles. The summed E-state index contributed by atoms with van der Waals surface area (Å²) in [6.45, 7) is 4.07. The molecule has 0 aliphatic rings. The maximum Gasteiger partial charge on any atom is 0.408 e. The highest BCUT2D eigenvalue weighted by molar-refractivity contribution is 5.72. The molecule has 2 heterocycles. The van der Waals surface area contributed by atoms with Gasteiger partial charge in [-0.15, -0.1) is 5.10 Å². The monoisotopic (exact) mass is 275 g/mol. The number of hydrogen-bond donors (Lipinski definition) is 0. The zero-order valence-electron chi connectivity index (χ0n) is 10.6. The molecule has 0 unspecified atom stereocenters. The summed E-state index contributed by atoms with van der Waals surface area (Å²) in [4.78, 5) is 11.7. The van der Waals surface area contributed by atoms with Gasteiger partial charge >= 0.3 is 11.8 Å². The zero-order valence-corrected chi connectivity index (χ0v) is 10.6. The number of nitrogens with zero attached hydrogens (tertiary/aromatic N) is 3. The van der Waals surface area contributed by atoms with E-state index in [0.29, 0.717) is 4.68 Å². The highest BCUT2D eigenvalue weighted by atomic mass is 19.4. The van der Waals surface area contributed by atoms with Crippen molar-refractivity contribution in [1.82, 2.24) is 15.0 Å². The minimum absolute atomic E-state index is 0.0264. The molecule has 0 amide bonds. The van der Waals surface area contributed by atoms with E-state index in [2.05, 4.69) is 10.3 Å². The fourth-order valence-electron chi connectivity index (χ4n) is 1.57. The third kappa shape index (κ3) is 2.77. The molecule has 0 fully saturated rings. The summed E-state index contributed by atoms with van der Waals surface area (Å²) < 4.78 is 42.9. The lowest BCUT2D eigenvalue weighted by atomic mass is 9.93. The predicted molar refractivity (Wildman–Crippen MR) is 60.8 cm³/mol. The van der Waals surface area contributed by atoms with Gasteiger partial charge in [0, 0.05) is 11.5 Å². The van der Waals surface area contributed by atoms with Crippen LogP contribution in [-0.4, -0.2) is 21.2 Å². The van der Waals surface area contributed by atoms with Crippen LogP contribution in [0.5, 0.6) is 0 Å². The Balaban J connectivity index is 2.64. The molecule has 0 bridgehead atoms. The standard InChI is InChI=1S/C11H12F3N3O2/c1-10(2,3)7-4-6-8(9(18)19-7)15-16-17(6)5-11(12,13)14/h4H,5H2,1-3H3. The normalized spacial score (nSPS) is 13.2. The number of fused-ring (bicyclic) bond motifs is 1. The zero-order chi connectivity index (χ0) is 14.4. The van der Waals surface area contributed by atoms with Crippen LogP contribution in [0.1, 0.15) is 26.5 Å². The minimum atomic E-state index is -4.43. The second-order valence-corrected chi connectivity index (χ2v) is 5.24. The van der Waals surface area contributed by atoms with Crippen LogP contribution in [0.15, 0.2) is 15.3 Å². The van der Waals surface area contributed by atoms with Crippen molar-refractivity contribution >= 4 is 11.0 Å². The van der Waals surface area contributed by atoms with Crippen molar-refractivity contribution in [3.05, 3.63) is 22.2 Å². The van der Waals surface area contributed by atoms with Gasteiger partial charge < -0.3 is 4.42 Å². The number of alkyl halides is 3. The second-order valence-electron chi connectivity index (χ2n) is 5.24. The van der Waals surface area contributed by atoms with Gasteiger partial charge in [-0.2, -0.15) is 13.2 Å². The van der Waals surface area contributed by atoms with Crippen molar-refractivity contribution in [1.29, 1.82) is 0 Å². The first-order chi connectivity index (χ1) is 8.58. The molecule has 2 aromatic rings. The van der Waals surface area contributed by atoms with Crippen molar-refractivity contribution in [2.75, 3.05) is 0 Å². The van der Waals surface area contributed by atoms with Crippen LogP contribution in [0.3, 0.4) is 0 Å². The summed E-state index contributed by atoms with van der Waals surface area (Å²) in [5.41, 5.74) is -1.45. The van der Waals surface area contributed by atoms with Crippen LogP contribution in [-0.2, 0) is 12.0 Å². The molecule has 19 heavy (non-hydrogen) atoms. The largest absolute Gasteiger partial charge is 0.426 e. The minimum Gasteiger partial charge on any atom is -0.426 e. The molecule has 5 nitrogen and oxygen atoms in total. The van der Waals surface area contributed by atoms with Crippen LogP contribution in [0.4, 0.5) is 13.2 Å². The van der Waals surface area contributed by atoms with E-state index in [-0.39, 0.29) is 16.8 Å². The van der Waals surface area contributed by atoms with Gasteiger partial charge in [-0.05, 0) is 0 Å². The van der Waals surface area contributed by atoms with Crippen LogP contribution in [0, 0.1) is 0 Å². The average molecular weight is 275 g/mol. The molecule has 0 aliphatic carbocycles. The fraction of sp³-hybridized carbons (Fsp3) is 0.545. The highest BCUT2D eigenvalue weighted by Gasteiger charge is 2.30. The van der Waals surface area contributed by atoms with E-state index < -0.39 is 23.8 Å². The van der Waals surface area contributed by atoms with E-state index in [1.54, 1.807) is 20.8 Å². The van der Waals surface area contributed by atoms with Gasteiger partial charge in [-0.1, -0.05) is 26.0 Å². The summed E-state index contributed by atoms with van der Waals surface area (Å²) in [7, 11) is 0. The molecular weight excluding hydrogens is 263 g/mol. The molecule has 0 saturated heterocycles. The molecule has 2 aromatic heterocycles. The Kier molecular flexibility index (Phi) is 2.91. The van der Waals surface area contributed by atoms with Crippen LogP contribution in [0.25, 0.3) is 11.0 Å². The Bertz CT molecular complexity index is 664. The van der Waals surface area contributed by atoms with Crippen molar-refractivity contribution in [2.45, 2.75) is 38.9 Å². The van der Waals surface area contributed by atoms with Crippen molar-refractivity contribution in [3.8, 4) is 0 Å². The first-order valence-corrected chi connectivity index (χ1v) is 5.52. The second kappa shape index (κ2) is 4.07. The third-order valence-corrected chi connectivity index (χ3v) is 2.51. The van der Waals surface area contributed by atoms with Crippen LogP contribution in [0.2, 0.25) is 0 Å². The molecule has 0 radical (unpaired) electrons. The van der Waals surface area contributed by atoms with E-state index in [1.807, 2.05) is 0 Å². The lowest BCUT2D eigenvalue weighted by Gasteiger charge is -2.16. The third-order valence-electron chi connectivity index (χ3n) is 2.51. The Morgan fingerprint density at radius 2 is 1.95 bits per heavy atom. The SMILES string of the molecule is CC(C)(C)c1cc2c(nnn2CC(F)(F)F)c(=O)o1. The maximum atomic E-state index is 12.4. The molecule has 0 spiro atoms. The van der Waals surface area contributed by atoms with E-state index in [0.717, 1.165) is 0 Å². The van der Waals surface area contributed by atoms with E-state index >= 15 is 0 Å². The van der Waals surface area contributed by atoms with Crippen molar-refractivity contribution in [3.63, 3.8) is 0 Å². The Morgan fingerprint density at radius 1 is 1.32 bits per heavy atom. The van der Waals surface area contributed by atoms with E-state index in [9.17, 15) is 18.0 Å². The first kappa shape index (κ1) is 13.6. The number of aromatic nitrogens is 3. The lowest BCUT2D eigenvalue weighted by molar-refractivity contribution is -0.142. The van der Waals surface area contributed by atoms with Gasteiger partial charge in [0.2, 0.25) is 0 Å². The van der Waals surface area contributed by atoms with E-state index in [4.69, 9.17) is 4.42 Å². The van der Waals surface area contributed by atoms with Crippen molar-refractivity contribution < 1.29 is 17.6 Å². The summed E-state index contributed by atoms with van der Waals surface area (Å²) in [6, 6.07) is 1.38.